The first-order valence-electron chi connectivity index (χ1n) is 6.86. The van der Waals surface area contributed by atoms with Gasteiger partial charge in [0.05, 0.1) is 22.7 Å². The number of hydrogen-bond acceptors (Lipinski definition) is 4. The fourth-order valence-corrected chi connectivity index (χ4v) is 5.20. The predicted octanol–water partition coefficient (Wildman–Crippen LogP) is 1.20. The van der Waals surface area contributed by atoms with Crippen LogP contribution in [0.15, 0.2) is 0 Å². The average Bonchev–Trinajstić information content (AvgIpc) is 2.97. The summed E-state index contributed by atoms with van der Waals surface area (Å²) in [7, 11) is -3.57. The molecule has 0 aromatic carbocycles. The molecule has 1 heterocycles. The van der Waals surface area contributed by atoms with Crippen LogP contribution in [0.1, 0.15) is 39.0 Å². The number of nitrogens with zero attached hydrogens (tertiary/aromatic N) is 2. The maximum Gasteiger partial charge on any atom is 0.310 e. The van der Waals surface area contributed by atoms with Crippen LogP contribution in [0.25, 0.3) is 0 Å². The Kier molecular flexibility index (Phi) is 3.82. The summed E-state index contributed by atoms with van der Waals surface area (Å²) in [6.45, 7) is 1.80. The van der Waals surface area contributed by atoms with Gasteiger partial charge in [0.2, 0.25) is 10.0 Å². The zero-order valence-corrected chi connectivity index (χ0v) is 12.4. The molecule has 0 radical (unpaired) electrons. The minimum absolute atomic E-state index is 0.00613. The van der Waals surface area contributed by atoms with E-state index in [0.29, 0.717) is 19.3 Å². The third-order valence-electron chi connectivity index (χ3n) is 4.60. The van der Waals surface area contributed by atoms with Crippen LogP contribution in [0.5, 0.6) is 0 Å². The number of hydrogen-bond donors (Lipinski definition) is 1. The summed E-state index contributed by atoms with van der Waals surface area (Å²) in [4.78, 5) is 11.2. The van der Waals surface area contributed by atoms with Crippen LogP contribution < -0.4 is 0 Å². The number of nitriles is 1. The summed E-state index contributed by atoms with van der Waals surface area (Å²) in [5.41, 5.74) is -1.79. The van der Waals surface area contributed by atoms with Crippen molar-refractivity contribution in [2.75, 3.05) is 18.8 Å². The summed E-state index contributed by atoms with van der Waals surface area (Å²) >= 11 is 0. The van der Waals surface area contributed by atoms with Crippen molar-refractivity contribution in [3.63, 3.8) is 0 Å². The number of carboxylic acid groups (broad SMARTS) is 1. The van der Waals surface area contributed by atoms with Gasteiger partial charge in [-0.05, 0) is 26.2 Å². The predicted molar refractivity (Wildman–Crippen MR) is 72.2 cm³/mol. The SMILES string of the molecule is CC1(C(=O)O)CCN(S(=O)(=O)CC2(C#N)CCCC2)C1. The lowest BCUT2D eigenvalue weighted by Gasteiger charge is -2.25. The molecule has 1 N–H and O–H groups in total. The van der Waals surface area contributed by atoms with Gasteiger partial charge in [-0.15, -0.1) is 0 Å². The van der Waals surface area contributed by atoms with E-state index < -0.39 is 26.8 Å². The van der Waals surface area contributed by atoms with E-state index in [9.17, 15) is 18.5 Å². The lowest BCUT2D eigenvalue weighted by atomic mass is 9.90. The summed E-state index contributed by atoms with van der Waals surface area (Å²) in [6.07, 6.45) is 3.33. The first kappa shape index (κ1) is 15.3. The zero-order valence-electron chi connectivity index (χ0n) is 11.6. The van der Waals surface area contributed by atoms with Crippen molar-refractivity contribution in [2.24, 2.45) is 10.8 Å². The molecular weight excluding hydrogens is 280 g/mol. The third-order valence-corrected chi connectivity index (χ3v) is 6.62. The van der Waals surface area contributed by atoms with Crippen LogP contribution in [0.2, 0.25) is 0 Å². The smallest absolute Gasteiger partial charge is 0.310 e. The molecule has 2 rings (SSSR count). The highest BCUT2D eigenvalue weighted by molar-refractivity contribution is 7.89. The molecule has 0 amide bonds. The molecule has 1 aliphatic carbocycles. The van der Waals surface area contributed by atoms with E-state index in [1.165, 1.54) is 4.31 Å². The summed E-state index contributed by atoms with van der Waals surface area (Å²) in [5.74, 6) is -1.14. The number of rotatable bonds is 4. The van der Waals surface area contributed by atoms with Crippen molar-refractivity contribution in [2.45, 2.75) is 39.0 Å². The van der Waals surface area contributed by atoms with Crippen molar-refractivity contribution in [3.8, 4) is 6.07 Å². The molecule has 20 heavy (non-hydrogen) atoms. The largest absolute Gasteiger partial charge is 0.481 e. The van der Waals surface area contributed by atoms with Crippen LogP contribution in [0, 0.1) is 22.2 Å². The third kappa shape index (κ3) is 2.67. The fourth-order valence-electron chi connectivity index (χ4n) is 3.11. The Morgan fingerprint density at radius 3 is 2.40 bits per heavy atom. The normalized spacial score (nSPS) is 30.2. The van der Waals surface area contributed by atoms with Gasteiger partial charge in [-0.3, -0.25) is 4.79 Å². The second-order valence-electron chi connectivity index (χ2n) is 6.30. The quantitative estimate of drug-likeness (QED) is 0.841. The molecule has 1 saturated heterocycles. The minimum atomic E-state index is -3.57. The van der Waals surface area contributed by atoms with Gasteiger partial charge in [-0.2, -0.15) is 5.26 Å². The molecule has 1 saturated carbocycles. The van der Waals surface area contributed by atoms with Gasteiger partial charge in [0.25, 0.3) is 0 Å². The van der Waals surface area contributed by atoms with Gasteiger partial charge in [0, 0.05) is 13.1 Å². The second kappa shape index (κ2) is 5.01. The average molecular weight is 300 g/mol. The Bertz CT molecular complexity index is 545. The number of carboxylic acids is 1. The molecule has 0 aromatic heterocycles. The number of aliphatic carboxylic acids is 1. The molecule has 2 aliphatic rings. The number of sulfonamides is 1. The van der Waals surface area contributed by atoms with Gasteiger partial charge in [-0.25, -0.2) is 12.7 Å². The Hall–Kier alpha value is -1.13. The lowest BCUT2D eigenvalue weighted by molar-refractivity contribution is -0.146. The van der Waals surface area contributed by atoms with E-state index in [1.807, 2.05) is 0 Å². The Morgan fingerprint density at radius 1 is 1.35 bits per heavy atom. The maximum absolute atomic E-state index is 12.4. The maximum atomic E-state index is 12.4. The Balaban J connectivity index is 2.13. The van der Waals surface area contributed by atoms with E-state index >= 15 is 0 Å². The summed E-state index contributed by atoms with van der Waals surface area (Å²) < 4.78 is 26.1. The van der Waals surface area contributed by atoms with Gasteiger partial charge >= 0.3 is 5.97 Å². The van der Waals surface area contributed by atoms with Crippen molar-refractivity contribution in [1.82, 2.24) is 4.31 Å². The van der Waals surface area contributed by atoms with Crippen LogP contribution >= 0.6 is 0 Å². The molecule has 7 heteroatoms. The fraction of sp³-hybridized carbons (Fsp3) is 0.846. The summed E-state index contributed by atoms with van der Waals surface area (Å²) in [6, 6.07) is 2.18. The second-order valence-corrected chi connectivity index (χ2v) is 8.27. The van der Waals surface area contributed by atoms with Gasteiger partial charge < -0.3 is 5.11 Å². The highest BCUT2D eigenvalue weighted by Crippen LogP contribution is 2.40. The molecule has 6 nitrogen and oxygen atoms in total. The topological polar surface area (TPSA) is 98.5 Å². The monoisotopic (exact) mass is 300 g/mol. The molecule has 1 unspecified atom stereocenters. The van der Waals surface area contributed by atoms with Crippen LogP contribution in [-0.4, -0.2) is 42.6 Å². The first-order chi connectivity index (χ1) is 9.23. The molecule has 2 fully saturated rings. The Labute approximate surface area is 119 Å². The van der Waals surface area contributed by atoms with Gasteiger partial charge in [0.15, 0.2) is 0 Å². The zero-order chi connectivity index (χ0) is 15.0. The lowest BCUT2D eigenvalue weighted by Crippen LogP contribution is -2.39. The van der Waals surface area contributed by atoms with Crippen molar-refractivity contribution >= 4 is 16.0 Å². The highest BCUT2D eigenvalue weighted by Gasteiger charge is 2.47. The minimum Gasteiger partial charge on any atom is -0.481 e. The first-order valence-corrected chi connectivity index (χ1v) is 8.47. The molecule has 0 spiro atoms. The van der Waals surface area contributed by atoms with Crippen molar-refractivity contribution in [1.29, 1.82) is 5.26 Å². The molecule has 0 aromatic rings. The van der Waals surface area contributed by atoms with E-state index in [4.69, 9.17) is 5.11 Å². The van der Waals surface area contributed by atoms with Crippen LogP contribution in [-0.2, 0) is 14.8 Å². The molecule has 1 aliphatic heterocycles. The van der Waals surface area contributed by atoms with E-state index in [1.54, 1.807) is 6.92 Å². The summed E-state index contributed by atoms with van der Waals surface area (Å²) in [5, 5.41) is 18.4. The highest BCUT2D eigenvalue weighted by atomic mass is 32.2. The molecule has 112 valence electrons. The Morgan fingerprint density at radius 2 is 1.95 bits per heavy atom. The van der Waals surface area contributed by atoms with Gasteiger partial charge in [-0.1, -0.05) is 12.8 Å². The van der Waals surface area contributed by atoms with Gasteiger partial charge in [0.1, 0.15) is 0 Å². The molecule has 1 atom stereocenters. The molecular formula is C13H20N2O4S. The van der Waals surface area contributed by atoms with Crippen LogP contribution in [0.4, 0.5) is 0 Å². The standard InChI is InChI=1S/C13H20N2O4S/c1-12(11(16)17)6-7-15(9-12)20(18,19)10-13(8-14)4-2-3-5-13/h2-7,9-10H2,1H3,(H,16,17). The van der Waals surface area contributed by atoms with E-state index in [-0.39, 0.29) is 18.8 Å². The number of carbonyl (C=O) groups is 1. The van der Waals surface area contributed by atoms with Crippen LogP contribution in [0.3, 0.4) is 0 Å². The van der Waals surface area contributed by atoms with Crippen molar-refractivity contribution in [3.05, 3.63) is 0 Å². The van der Waals surface area contributed by atoms with Crippen molar-refractivity contribution < 1.29 is 18.3 Å². The van der Waals surface area contributed by atoms with E-state index in [2.05, 4.69) is 6.07 Å². The molecule has 0 bridgehead atoms. The van der Waals surface area contributed by atoms with E-state index in [0.717, 1.165) is 12.8 Å².